The Balaban J connectivity index is 1.81. The summed E-state index contributed by atoms with van der Waals surface area (Å²) in [5, 5.41) is 11.8. The zero-order valence-corrected chi connectivity index (χ0v) is 15.6. The van der Waals surface area contributed by atoms with Crippen LogP contribution in [0.5, 0.6) is 0 Å². The van der Waals surface area contributed by atoms with Gasteiger partial charge in [0.05, 0.1) is 5.56 Å². The number of carbonyl (C=O) groups is 3. The molecular formula is C21H22N2O4. The van der Waals surface area contributed by atoms with Crippen molar-refractivity contribution in [3.63, 3.8) is 0 Å². The Bertz CT molecular complexity index is 916. The number of anilines is 2. The highest BCUT2D eigenvalue weighted by Crippen LogP contribution is 2.36. The number of aryl methyl sites for hydroxylation is 1. The van der Waals surface area contributed by atoms with E-state index in [0.29, 0.717) is 11.3 Å². The minimum absolute atomic E-state index is 0.0801. The van der Waals surface area contributed by atoms with E-state index in [1.807, 2.05) is 26.0 Å². The van der Waals surface area contributed by atoms with E-state index in [0.717, 1.165) is 24.1 Å². The summed E-state index contributed by atoms with van der Waals surface area (Å²) < 4.78 is 0. The number of benzene rings is 2. The lowest BCUT2D eigenvalue weighted by Gasteiger charge is -2.26. The Labute approximate surface area is 157 Å². The van der Waals surface area contributed by atoms with Gasteiger partial charge in [0.25, 0.3) is 5.91 Å². The molecule has 0 spiro atoms. The first-order valence-electron chi connectivity index (χ1n) is 8.75. The van der Waals surface area contributed by atoms with Gasteiger partial charge < -0.3 is 15.3 Å². The molecule has 3 rings (SSSR count). The molecule has 6 nitrogen and oxygen atoms in total. The Morgan fingerprint density at radius 2 is 1.70 bits per heavy atom. The topological polar surface area (TPSA) is 86.7 Å². The SMILES string of the molecule is CN1C(=O)C(C)(C)CCc2cc(NC(=O)c3ccc(C(=O)O)cc3)ccc21. The first-order valence-corrected chi connectivity index (χ1v) is 8.75. The number of hydrogen-bond acceptors (Lipinski definition) is 3. The number of rotatable bonds is 3. The molecule has 0 radical (unpaired) electrons. The maximum absolute atomic E-state index is 12.6. The Hall–Kier alpha value is -3.15. The third kappa shape index (κ3) is 3.69. The van der Waals surface area contributed by atoms with Crippen molar-refractivity contribution in [3.8, 4) is 0 Å². The summed E-state index contributed by atoms with van der Waals surface area (Å²) in [4.78, 5) is 37.6. The molecule has 2 aromatic rings. The lowest BCUT2D eigenvalue weighted by molar-refractivity contribution is -0.126. The van der Waals surface area contributed by atoms with Gasteiger partial charge in [-0.15, -0.1) is 0 Å². The summed E-state index contributed by atoms with van der Waals surface area (Å²) in [6.07, 6.45) is 1.48. The highest BCUT2D eigenvalue weighted by molar-refractivity contribution is 6.05. The quantitative estimate of drug-likeness (QED) is 0.869. The van der Waals surface area contributed by atoms with Crippen LogP contribution < -0.4 is 10.2 Å². The zero-order chi connectivity index (χ0) is 19.8. The van der Waals surface area contributed by atoms with Gasteiger partial charge in [0.1, 0.15) is 0 Å². The van der Waals surface area contributed by atoms with Crippen molar-refractivity contribution in [1.29, 1.82) is 0 Å². The van der Waals surface area contributed by atoms with Crippen LogP contribution in [0.25, 0.3) is 0 Å². The molecule has 0 bridgehead atoms. The fourth-order valence-corrected chi connectivity index (χ4v) is 3.28. The Kier molecular flexibility index (Phi) is 4.74. The number of aromatic carboxylic acids is 1. The van der Waals surface area contributed by atoms with Crippen LogP contribution in [-0.2, 0) is 11.2 Å². The average Bonchev–Trinajstić information content (AvgIpc) is 2.72. The second-order valence-corrected chi connectivity index (χ2v) is 7.43. The normalized spacial score (nSPS) is 15.7. The standard InChI is InChI=1S/C21H22N2O4/c1-21(2)11-10-15-12-16(8-9-17(15)23(3)20(21)27)22-18(24)13-4-6-14(7-5-13)19(25)26/h4-9,12H,10-11H2,1-3H3,(H,22,24)(H,25,26). The van der Waals surface area contributed by atoms with Crippen LogP contribution in [0.2, 0.25) is 0 Å². The molecule has 0 unspecified atom stereocenters. The van der Waals surface area contributed by atoms with Crippen LogP contribution in [0.4, 0.5) is 11.4 Å². The minimum atomic E-state index is -1.03. The number of nitrogens with zero attached hydrogens (tertiary/aromatic N) is 1. The largest absolute Gasteiger partial charge is 0.478 e. The van der Waals surface area contributed by atoms with Crippen molar-refractivity contribution in [2.45, 2.75) is 26.7 Å². The zero-order valence-electron chi connectivity index (χ0n) is 15.6. The summed E-state index contributed by atoms with van der Waals surface area (Å²) in [7, 11) is 1.77. The van der Waals surface area contributed by atoms with Crippen LogP contribution >= 0.6 is 0 Å². The van der Waals surface area contributed by atoms with Crippen LogP contribution in [-0.4, -0.2) is 29.9 Å². The molecule has 0 atom stereocenters. The van der Waals surface area contributed by atoms with Crippen LogP contribution in [0, 0.1) is 5.41 Å². The maximum Gasteiger partial charge on any atom is 0.335 e. The van der Waals surface area contributed by atoms with Crippen LogP contribution in [0.3, 0.4) is 0 Å². The van der Waals surface area contributed by atoms with Crippen molar-refractivity contribution in [1.82, 2.24) is 0 Å². The van der Waals surface area contributed by atoms with E-state index in [1.165, 1.54) is 24.3 Å². The molecule has 2 aromatic carbocycles. The molecule has 2 amide bonds. The molecule has 1 heterocycles. The van der Waals surface area contributed by atoms with E-state index in [9.17, 15) is 14.4 Å². The van der Waals surface area contributed by atoms with Gasteiger partial charge in [0.2, 0.25) is 5.91 Å². The summed E-state index contributed by atoms with van der Waals surface area (Å²) >= 11 is 0. The number of carbonyl (C=O) groups excluding carboxylic acids is 2. The van der Waals surface area contributed by atoms with Gasteiger partial charge in [0.15, 0.2) is 0 Å². The second kappa shape index (κ2) is 6.87. The molecule has 0 saturated carbocycles. The lowest BCUT2D eigenvalue weighted by atomic mass is 9.86. The van der Waals surface area contributed by atoms with Gasteiger partial charge in [-0.3, -0.25) is 9.59 Å². The first-order chi connectivity index (χ1) is 12.7. The van der Waals surface area contributed by atoms with Crippen molar-refractivity contribution in [3.05, 3.63) is 59.2 Å². The number of carboxylic acids is 1. The molecule has 0 fully saturated rings. The first kappa shape index (κ1) is 18.6. The van der Waals surface area contributed by atoms with Gasteiger partial charge in [-0.1, -0.05) is 13.8 Å². The smallest absolute Gasteiger partial charge is 0.335 e. The predicted octanol–water partition coefficient (Wildman–Crippen LogP) is 3.57. The number of hydrogen-bond donors (Lipinski definition) is 2. The van der Waals surface area contributed by atoms with E-state index < -0.39 is 11.4 Å². The minimum Gasteiger partial charge on any atom is -0.478 e. The average molecular weight is 366 g/mol. The third-order valence-corrected chi connectivity index (χ3v) is 5.00. The van der Waals surface area contributed by atoms with Gasteiger partial charge in [0, 0.05) is 29.4 Å². The maximum atomic E-state index is 12.6. The van der Waals surface area contributed by atoms with Gasteiger partial charge in [-0.25, -0.2) is 4.79 Å². The van der Waals surface area contributed by atoms with Gasteiger partial charge >= 0.3 is 5.97 Å². The second-order valence-electron chi connectivity index (χ2n) is 7.43. The molecule has 0 aliphatic carbocycles. The molecule has 0 saturated heterocycles. The van der Waals surface area contributed by atoms with Crippen LogP contribution in [0.15, 0.2) is 42.5 Å². The lowest BCUT2D eigenvalue weighted by Crippen LogP contribution is -2.37. The highest BCUT2D eigenvalue weighted by Gasteiger charge is 2.34. The molecule has 2 N–H and O–H groups in total. The molecule has 140 valence electrons. The Morgan fingerprint density at radius 1 is 1.07 bits per heavy atom. The van der Waals surface area contributed by atoms with Crippen molar-refractivity contribution >= 4 is 29.2 Å². The van der Waals surface area contributed by atoms with Crippen molar-refractivity contribution in [2.24, 2.45) is 5.41 Å². The van der Waals surface area contributed by atoms with E-state index in [2.05, 4.69) is 5.32 Å². The molecule has 6 heteroatoms. The number of amides is 2. The molecule has 27 heavy (non-hydrogen) atoms. The fraction of sp³-hybridized carbons (Fsp3) is 0.286. The molecule has 0 aromatic heterocycles. The summed E-state index contributed by atoms with van der Waals surface area (Å²) in [5.74, 6) is -1.27. The molecule has 1 aliphatic heterocycles. The van der Waals surface area contributed by atoms with E-state index in [4.69, 9.17) is 5.11 Å². The summed E-state index contributed by atoms with van der Waals surface area (Å²) in [5.41, 5.74) is 2.59. The highest BCUT2D eigenvalue weighted by atomic mass is 16.4. The molecule has 1 aliphatic rings. The third-order valence-electron chi connectivity index (χ3n) is 5.00. The van der Waals surface area contributed by atoms with E-state index in [-0.39, 0.29) is 17.4 Å². The van der Waals surface area contributed by atoms with Crippen molar-refractivity contribution < 1.29 is 19.5 Å². The Morgan fingerprint density at radius 3 is 2.33 bits per heavy atom. The summed E-state index contributed by atoms with van der Waals surface area (Å²) in [6.45, 7) is 3.89. The van der Waals surface area contributed by atoms with Gasteiger partial charge in [-0.2, -0.15) is 0 Å². The molecular weight excluding hydrogens is 344 g/mol. The fourth-order valence-electron chi connectivity index (χ4n) is 3.28. The summed E-state index contributed by atoms with van der Waals surface area (Å²) in [6, 6.07) is 11.3. The van der Waals surface area contributed by atoms with E-state index >= 15 is 0 Å². The van der Waals surface area contributed by atoms with Crippen molar-refractivity contribution in [2.75, 3.05) is 17.3 Å². The monoisotopic (exact) mass is 366 g/mol. The predicted molar refractivity (Wildman–Crippen MR) is 103 cm³/mol. The van der Waals surface area contributed by atoms with E-state index in [1.54, 1.807) is 18.0 Å². The number of fused-ring (bicyclic) bond motifs is 1. The van der Waals surface area contributed by atoms with Crippen LogP contribution in [0.1, 0.15) is 46.5 Å². The number of carboxylic acid groups (broad SMARTS) is 1. The van der Waals surface area contributed by atoms with Gasteiger partial charge in [-0.05, 0) is 60.9 Å². The number of nitrogens with one attached hydrogen (secondary N) is 1.